The molecular formula is C30H26N4O6S. The van der Waals surface area contributed by atoms with Gasteiger partial charge in [0.05, 0.1) is 21.5 Å². The van der Waals surface area contributed by atoms with E-state index in [1.54, 1.807) is 48.5 Å². The first-order valence-corrected chi connectivity index (χ1v) is 14.4. The number of rotatable bonds is 5. The quantitative estimate of drug-likeness (QED) is 0.341. The number of aryl methyl sites for hydroxylation is 1. The Kier molecular flexibility index (Phi) is 6.07. The highest BCUT2D eigenvalue weighted by molar-refractivity contribution is 7.90. The molecule has 0 N–H and O–H groups in total. The van der Waals surface area contributed by atoms with E-state index in [0.717, 1.165) is 19.3 Å². The van der Waals surface area contributed by atoms with Crippen molar-refractivity contribution >= 4 is 50.4 Å². The van der Waals surface area contributed by atoms with Crippen LogP contribution in [0.5, 0.6) is 0 Å². The fraction of sp³-hybridized carbons (Fsp3) is 0.200. The molecule has 0 fully saturated rings. The van der Waals surface area contributed by atoms with Gasteiger partial charge in [-0.2, -0.15) is 0 Å². The topological polar surface area (TPSA) is 117 Å². The minimum absolute atomic E-state index is 0.0143. The van der Waals surface area contributed by atoms with E-state index in [1.165, 1.54) is 43.3 Å². The third-order valence-corrected chi connectivity index (χ3v) is 9.32. The van der Waals surface area contributed by atoms with Crippen LogP contribution in [0.15, 0.2) is 77.7 Å². The second-order valence-electron chi connectivity index (χ2n) is 10.4. The summed E-state index contributed by atoms with van der Waals surface area (Å²) in [5.74, 6) is -2.37. The number of benzene rings is 3. The Hall–Kier alpha value is -4.77. The van der Waals surface area contributed by atoms with Crippen molar-refractivity contribution in [2.24, 2.45) is 0 Å². The van der Waals surface area contributed by atoms with E-state index >= 15 is 0 Å². The standard InChI is InChI=1S/C30H26N4O6S/c1-18-12-14-19(15-13-18)41(39,40)34-24-11-7-6-8-20(24)23-16-25(30(38)32(27(23)34)17-26(35)31(2)3)33-28(36)21-9-4-5-10-22(21)29(33)37/h4-15,25H,16-17H2,1-3H3. The summed E-state index contributed by atoms with van der Waals surface area (Å²) in [6, 6.07) is 18.2. The molecule has 4 amide bonds. The normalized spacial score (nSPS) is 16.8. The van der Waals surface area contributed by atoms with Crippen molar-refractivity contribution in [2.75, 3.05) is 25.5 Å². The molecule has 0 aliphatic carbocycles. The highest BCUT2D eigenvalue weighted by Gasteiger charge is 2.49. The molecule has 0 radical (unpaired) electrons. The first kappa shape index (κ1) is 26.5. The van der Waals surface area contributed by atoms with Crippen LogP contribution in [-0.2, 0) is 26.0 Å². The summed E-state index contributed by atoms with van der Waals surface area (Å²) in [6.45, 7) is 1.36. The number of anilines is 1. The first-order valence-electron chi connectivity index (χ1n) is 13.0. The lowest BCUT2D eigenvalue weighted by atomic mass is 9.97. The van der Waals surface area contributed by atoms with Crippen LogP contribution in [0.25, 0.3) is 10.9 Å². The average Bonchev–Trinajstić information content (AvgIpc) is 3.42. The summed E-state index contributed by atoms with van der Waals surface area (Å²) in [4.78, 5) is 57.4. The molecule has 1 unspecified atom stereocenters. The second-order valence-corrected chi connectivity index (χ2v) is 12.1. The second kappa shape index (κ2) is 9.41. The lowest BCUT2D eigenvalue weighted by molar-refractivity contribution is -0.130. The molecule has 10 nitrogen and oxygen atoms in total. The minimum atomic E-state index is -4.24. The zero-order valence-corrected chi connectivity index (χ0v) is 23.4. The smallest absolute Gasteiger partial charge is 0.269 e. The maximum atomic E-state index is 14.2. The Morgan fingerprint density at radius 1 is 0.878 bits per heavy atom. The zero-order chi connectivity index (χ0) is 29.2. The molecule has 1 aromatic heterocycles. The lowest BCUT2D eigenvalue weighted by Crippen LogP contribution is -2.57. The Morgan fingerprint density at radius 3 is 2.07 bits per heavy atom. The third kappa shape index (κ3) is 3.95. The summed E-state index contributed by atoms with van der Waals surface area (Å²) in [7, 11) is -1.19. The number of imide groups is 1. The van der Waals surface area contributed by atoms with Gasteiger partial charge in [-0.3, -0.25) is 29.0 Å². The number of fused-ring (bicyclic) bond motifs is 4. The molecule has 3 aromatic carbocycles. The number of nitrogens with zero attached hydrogens (tertiary/aromatic N) is 4. The number of hydrogen-bond donors (Lipinski definition) is 0. The van der Waals surface area contributed by atoms with Crippen LogP contribution >= 0.6 is 0 Å². The molecule has 2 aliphatic heterocycles. The van der Waals surface area contributed by atoms with E-state index < -0.39 is 46.2 Å². The molecule has 0 bridgehead atoms. The van der Waals surface area contributed by atoms with Crippen LogP contribution < -0.4 is 4.90 Å². The number of likely N-dealkylation sites (N-methyl/N-ethyl adjacent to an activating group) is 1. The van der Waals surface area contributed by atoms with Crippen LogP contribution in [0.2, 0.25) is 0 Å². The van der Waals surface area contributed by atoms with Gasteiger partial charge < -0.3 is 4.90 Å². The van der Waals surface area contributed by atoms with Gasteiger partial charge in [0.1, 0.15) is 18.4 Å². The van der Waals surface area contributed by atoms with Gasteiger partial charge in [0, 0.05) is 31.5 Å². The van der Waals surface area contributed by atoms with Crippen LogP contribution in [-0.4, -0.2) is 72.5 Å². The van der Waals surface area contributed by atoms with Crippen LogP contribution in [0, 0.1) is 6.92 Å². The molecule has 0 saturated heterocycles. The van der Waals surface area contributed by atoms with E-state index in [1.807, 2.05) is 6.92 Å². The summed E-state index contributed by atoms with van der Waals surface area (Å²) in [5.41, 5.74) is 2.02. The highest BCUT2D eigenvalue weighted by atomic mass is 32.2. The van der Waals surface area contributed by atoms with Gasteiger partial charge in [-0.25, -0.2) is 12.4 Å². The van der Waals surface area contributed by atoms with Gasteiger partial charge in [-0.15, -0.1) is 0 Å². The summed E-state index contributed by atoms with van der Waals surface area (Å²) < 4.78 is 29.4. The minimum Gasteiger partial charge on any atom is -0.347 e. The van der Waals surface area contributed by atoms with E-state index in [0.29, 0.717) is 16.5 Å². The maximum Gasteiger partial charge on any atom is 0.269 e. The van der Waals surface area contributed by atoms with Gasteiger partial charge >= 0.3 is 0 Å². The first-order chi connectivity index (χ1) is 19.5. The molecule has 4 aromatic rings. The molecule has 0 saturated carbocycles. The Labute approximate surface area is 236 Å². The van der Waals surface area contributed by atoms with Crippen molar-refractivity contribution in [3.05, 3.63) is 95.1 Å². The van der Waals surface area contributed by atoms with Gasteiger partial charge in [0.2, 0.25) is 5.91 Å². The van der Waals surface area contributed by atoms with Crippen LogP contribution in [0.3, 0.4) is 0 Å². The van der Waals surface area contributed by atoms with E-state index in [2.05, 4.69) is 0 Å². The summed E-state index contributed by atoms with van der Waals surface area (Å²) >= 11 is 0. The van der Waals surface area contributed by atoms with E-state index in [4.69, 9.17) is 0 Å². The van der Waals surface area contributed by atoms with Crippen molar-refractivity contribution < 1.29 is 27.6 Å². The Bertz CT molecular complexity index is 1860. The fourth-order valence-corrected chi connectivity index (χ4v) is 7.03. The largest absolute Gasteiger partial charge is 0.347 e. The van der Waals surface area contributed by atoms with Crippen LogP contribution in [0.1, 0.15) is 31.8 Å². The third-order valence-electron chi connectivity index (χ3n) is 7.60. The monoisotopic (exact) mass is 570 g/mol. The number of para-hydroxylation sites is 1. The predicted octanol–water partition coefficient (Wildman–Crippen LogP) is 2.83. The summed E-state index contributed by atoms with van der Waals surface area (Å²) in [6.07, 6.45) is -0.108. The average molecular weight is 571 g/mol. The molecule has 3 heterocycles. The number of carbonyl (C=O) groups excluding carboxylic acids is 4. The Morgan fingerprint density at radius 2 is 1.46 bits per heavy atom. The molecule has 2 aliphatic rings. The van der Waals surface area contributed by atoms with Crippen molar-refractivity contribution in [1.82, 2.24) is 13.8 Å². The Balaban J connectivity index is 1.59. The number of hydrogen-bond acceptors (Lipinski definition) is 6. The molecule has 11 heteroatoms. The fourth-order valence-electron chi connectivity index (χ4n) is 5.48. The van der Waals surface area contributed by atoms with E-state index in [9.17, 15) is 27.6 Å². The van der Waals surface area contributed by atoms with Gasteiger partial charge in [0.25, 0.3) is 27.7 Å². The molecular weight excluding hydrogens is 544 g/mol. The molecule has 0 spiro atoms. The predicted molar refractivity (Wildman–Crippen MR) is 151 cm³/mol. The van der Waals surface area contributed by atoms with Gasteiger partial charge in [-0.1, -0.05) is 48.0 Å². The lowest BCUT2D eigenvalue weighted by Gasteiger charge is -2.36. The number of carbonyl (C=O) groups is 4. The van der Waals surface area contributed by atoms with Crippen molar-refractivity contribution in [2.45, 2.75) is 24.3 Å². The van der Waals surface area contributed by atoms with Gasteiger partial charge in [-0.05, 0) is 37.3 Å². The summed E-state index contributed by atoms with van der Waals surface area (Å²) in [5, 5.41) is 0.537. The molecule has 6 rings (SSSR count). The van der Waals surface area contributed by atoms with Gasteiger partial charge in [0.15, 0.2) is 0 Å². The molecule has 1 atom stereocenters. The SMILES string of the molecule is Cc1ccc(S(=O)(=O)n2c3c(c4ccccc42)CC(N2C(=O)c4ccccc4C2=O)C(=O)N3CC(=O)N(C)C)cc1. The molecule has 41 heavy (non-hydrogen) atoms. The molecule has 208 valence electrons. The van der Waals surface area contributed by atoms with E-state index in [-0.39, 0.29) is 28.3 Å². The van der Waals surface area contributed by atoms with Crippen LogP contribution in [0.4, 0.5) is 5.82 Å². The number of aromatic nitrogens is 1. The van der Waals surface area contributed by atoms with Crippen molar-refractivity contribution in [1.29, 1.82) is 0 Å². The number of amides is 4. The maximum absolute atomic E-state index is 14.2. The highest BCUT2D eigenvalue weighted by Crippen LogP contribution is 2.42. The van der Waals surface area contributed by atoms with Crippen molar-refractivity contribution in [3.63, 3.8) is 0 Å². The van der Waals surface area contributed by atoms with Crippen molar-refractivity contribution in [3.8, 4) is 0 Å². The zero-order valence-electron chi connectivity index (χ0n) is 22.6.